The maximum absolute atomic E-state index is 12.8. The minimum atomic E-state index is -0.606. The number of aromatic nitrogens is 2. The molecule has 0 fully saturated rings. The number of fused-ring (bicyclic) bond motifs is 1. The van der Waals surface area contributed by atoms with Crippen LogP contribution in [0.15, 0.2) is 40.4 Å². The van der Waals surface area contributed by atoms with E-state index in [0.717, 1.165) is 31.5 Å². The van der Waals surface area contributed by atoms with E-state index in [1.807, 2.05) is 0 Å². The topological polar surface area (TPSA) is 76.3 Å². The summed E-state index contributed by atoms with van der Waals surface area (Å²) < 4.78 is 14.4. The second-order valence-corrected chi connectivity index (χ2v) is 5.61. The molecular formula is C17H17FN4O2. The number of carbonyl (C=O) groups is 1. The fourth-order valence-electron chi connectivity index (χ4n) is 2.62. The average Bonchev–Trinajstić information content (AvgIpc) is 2.83. The number of hydrazone groups is 1. The van der Waals surface area contributed by atoms with Crippen LogP contribution in [0.3, 0.4) is 0 Å². The predicted octanol–water partition coefficient (Wildman–Crippen LogP) is 1.87. The number of halogens is 1. The van der Waals surface area contributed by atoms with Gasteiger partial charge in [-0.15, -0.1) is 0 Å². The number of benzene rings is 1. The van der Waals surface area contributed by atoms with Gasteiger partial charge in [0.25, 0.3) is 11.5 Å². The number of amides is 1. The van der Waals surface area contributed by atoms with Crippen molar-refractivity contribution in [2.75, 3.05) is 0 Å². The molecule has 24 heavy (non-hydrogen) atoms. The molecule has 1 aliphatic heterocycles. The highest BCUT2D eigenvalue weighted by Gasteiger charge is 2.17. The van der Waals surface area contributed by atoms with Crippen LogP contribution < -0.4 is 11.0 Å². The first-order valence-corrected chi connectivity index (χ1v) is 7.83. The van der Waals surface area contributed by atoms with Crippen molar-refractivity contribution in [2.24, 2.45) is 5.10 Å². The SMILES string of the molecule is O=C(N/N=C/c1ccc(F)cc1)c1cnc2n(c1=O)CCCCC2. The van der Waals surface area contributed by atoms with Crippen molar-refractivity contribution in [1.82, 2.24) is 15.0 Å². The number of hydrogen-bond donors (Lipinski definition) is 1. The van der Waals surface area contributed by atoms with Crippen LogP contribution in [0.25, 0.3) is 0 Å². The number of aryl methyl sites for hydroxylation is 1. The van der Waals surface area contributed by atoms with E-state index in [2.05, 4.69) is 15.5 Å². The van der Waals surface area contributed by atoms with Crippen LogP contribution in [0.1, 0.15) is 41.0 Å². The van der Waals surface area contributed by atoms with E-state index in [1.54, 1.807) is 4.57 Å². The highest BCUT2D eigenvalue weighted by molar-refractivity contribution is 5.94. The van der Waals surface area contributed by atoms with E-state index in [4.69, 9.17) is 0 Å². The van der Waals surface area contributed by atoms with Crippen LogP contribution in [0.4, 0.5) is 4.39 Å². The Morgan fingerprint density at radius 1 is 1.25 bits per heavy atom. The lowest BCUT2D eigenvalue weighted by molar-refractivity contribution is 0.0952. The van der Waals surface area contributed by atoms with Gasteiger partial charge in [-0.25, -0.2) is 14.8 Å². The van der Waals surface area contributed by atoms with Gasteiger partial charge >= 0.3 is 0 Å². The summed E-state index contributed by atoms with van der Waals surface area (Å²) >= 11 is 0. The standard InChI is InChI=1S/C17H17FN4O2/c18-13-7-5-12(6-8-13)10-20-21-16(23)14-11-19-15-4-2-1-3-9-22(15)17(14)24/h5-8,10-11H,1-4,9H2,(H,21,23)/b20-10+. The minimum absolute atomic E-state index is 0.0306. The van der Waals surface area contributed by atoms with Crippen LogP contribution in [0.5, 0.6) is 0 Å². The molecule has 0 bridgehead atoms. The summed E-state index contributed by atoms with van der Waals surface area (Å²) in [6.07, 6.45) is 6.39. The summed E-state index contributed by atoms with van der Waals surface area (Å²) in [5, 5.41) is 3.80. The molecule has 0 aliphatic carbocycles. The van der Waals surface area contributed by atoms with Gasteiger partial charge in [0.15, 0.2) is 0 Å². The van der Waals surface area contributed by atoms with Gasteiger partial charge in [-0.3, -0.25) is 14.2 Å². The molecule has 1 aromatic heterocycles. The number of rotatable bonds is 3. The van der Waals surface area contributed by atoms with Gasteiger partial charge in [0.2, 0.25) is 0 Å². The molecular weight excluding hydrogens is 311 g/mol. The zero-order valence-electron chi connectivity index (χ0n) is 13.0. The minimum Gasteiger partial charge on any atom is -0.296 e. The summed E-state index contributed by atoms with van der Waals surface area (Å²) in [7, 11) is 0. The smallest absolute Gasteiger partial charge is 0.278 e. The van der Waals surface area contributed by atoms with E-state index >= 15 is 0 Å². The van der Waals surface area contributed by atoms with Crippen LogP contribution in [-0.2, 0) is 13.0 Å². The summed E-state index contributed by atoms with van der Waals surface area (Å²) in [6.45, 7) is 0.584. The Kier molecular flexibility index (Phi) is 4.79. The number of carbonyl (C=O) groups excluding carboxylic acids is 1. The lowest BCUT2D eigenvalue weighted by Crippen LogP contribution is -2.33. The Morgan fingerprint density at radius 2 is 2.04 bits per heavy atom. The van der Waals surface area contributed by atoms with Crippen LogP contribution >= 0.6 is 0 Å². The van der Waals surface area contributed by atoms with Crippen molar-refractivity contribution in [1.29, 1.82) is 0 Å². The van der Waals surface area contributed by atoms with Gasteiger partial charge in [-0.1, -0.05) is 18.6 Å². The molecule has 7 heteroatoms. The fraction of sp³-hybridized carbons (Fsp3) is 0.294. The normalized spacial score (nSPS) is 14.2. The lowest BCUT2D eigenvalue weighted by atomic mass is 10.2. The number of nitrogens with one attached hydrogen (secondary N) is 1. The molecule has 0 saturated heterocycles. The maximum Gasteiger partial charge on any atom is 0.278 e. The largest absolute Gasteiger partial charge is 0.296 e. The third kappa shape index (κ3) is 3.56. The van der Waals surface area contributed by atoms with Crippen molar-refractivity contribution < 1.29 is 9.18 Å². The predicted molar refractivity (Wildman–Crippen MR) is 87.5 cm³/mol. The first-order chi connectivity index (χ1) is 11.6. The van der Waals surface area contributed by atoms with Gasteiger partial charge in [0.05, 0.1) is 6.21 Å². The quantitative estimate of drug-likeness (QED) is 0.690. The van der Waals surface area contributed by atoms with Gasteiger partial charge in [-0.05, 0) is 30.5 Å². The van der Waals surface area contributed by atoms with E-state index in [-0.39, 0.29) is 16.9 Å². The third-order valence-electron chi connectivity index (χ3n) is 3.91. The molecule has 1 N–H and O–H groups in total. The van der Waals surface area contributed by atoms with E-state index < -0.39 is 5.91 Å². The fourth-order valence-corrected chi connectivity index (χ4v) is 2.62. The molecule has 0 spiro atoms. The number of nitrogens with zero attached hydrogens (tertiary/aromatic N) is 3. The van der Waals surface area contributed by atoms with Crippen LogP contribution in [0.2, 0.25) is 0 Å². The number of hydrogen-bond acceptors (Lipinski definition) is 4. The summed E-state index contributed by atoms with van der Waals surface area (Å²) in [4.78, 5) is 28.8. The van der Waals surface area contributed by atoms with Crippen LogP contribution in [-0.4, -0.2) is 21.7 Å². The molecule has 6 nitrogen and oxygen atoms in total. The Labute approximate surface area is 138 Å². The first kappa shape index (κ1) is 16.0. The van der Waals surface area contributed by atoms with Crippen molar-refractivity contribution in [3.05, 3.63) is 63.6 Å². The van der Waals surface area contributed by atoms with Crippen LogP contribution in [0, 0.1) is 5.82 Å². The van der Waals surface area contributed by atoms with Crippen molar-refractivity contribution in [3.63, 3.8) is 0 Å². The highest BCUT2D eigenvalue weighted by Crippen LogP contribution is 2.10. The molecule has 2 aromatic rings. The Bertz CT molecular complexity index is 827. The molecule has 1 aromatic carbocycles. The Morgan fingerprint density at radius 3 is 2.83 bits per heavy atom. The van der Waals surface area contributed by atoms with Crippen molar-refractivity contribution >= 4 is 12.1 Å². The van der Waals surface area contributed by atoms with Gasteiger partial charge in [0.1, 0.15) is 17.2 Å². The Balaban J connectivity index is 1.74. The molecule has 2 heterocycles. The van der Waals surface area contributed by atoms with Gasteiger partial charge in [-0.2, -0.15) is 5.10 Å². The monoisotopic (exact) mass is 328 g/mol. The molecule has 0 atom stereocenters. The zero-order valence-corrected chi connectivity index (χ0v) is 13.0. The molecule has 1 aliphatic rings. The lowest BCUT2D eigenvalue weighted by Gasteiger charge is -2.09. The second-order valence-electron chi connectivity index (χ2n) is 5.61. The highest BCUT2D eigenvalue weighted by atomic mass is 19.1. The third-order valence-corrected chi connectivity index (χ3v) is 3.91. The maximum atomic E-state index is 12.8. The van der Waals surface area contributed by atoms with Crippen molar-refractivity contribution in [2.45, 2.75) is 32.2 Å². The second kappa shape index (κ2) is 7.16. The molecule has 124 valence electrons. The summed E-state index contributed by atoms with van der Waals surface area (Å²) in [5.74, 6) is -0.227. The summed E-state index contributed by atoms with van der Waals surface area (Å²) in [6, 6.07) is 5.66. The molecule has 0 unspecified atom stereocenters. The average molecular weight is 328 g/mol. The van der Waals surface area contributed by atoms with E-state index in [0.29, 0.717) is 12.1 Å². The Hall–Kier alpha value is -2.83. The van der Waals surface area contributed by atoms with Gasteiger partial charge in [0, 0.05) is 19.2 Å². The van der Waals surface area contributed by atoms with E-state index in [9.17, 15) is 14.0 Å². The summed E-state index contributed by atoms with van der Waals surface area (Å²) in [5.41, 5.74) is 2.57. The molecule has 0 radical (unpaired) electrons. The zero-order chi connectivity index (χ0) is 16.9. The molecule has 1 amide bonds. The van der Waals surface area contributed by atoms with Gasteiger partial charge < -0.3 is 0 Å². The molecule has 3 rings (SSSR count). The van der Waals surface area contributed by atoms with Crippen molar-refractivity contribution in [3.8, 4) is 0 Å². The molecule has 0 saturated carbocycles. The first-order valence-electron chi connectivity index (χ1n) is 7.83. The van der Waals surface area contributed by atoms with E-state index in [1.165, 1.54) is 36.7 Å².